The van der Waals surface area contributed by atoms with Gasteiger partial charge in [0.25, 0.3) is 0 Å². The molecule has 4 aromatic rings. The van der Waals surface area contributed by atoms with Gasteiger partial charge >= 0.3 is 5.97 Å². The van der Waals surface area contributed by atoms with Gasteiger partial charge in [-0.1, -0.05) is 54.1 Å². The summed E-state index contributed by atoms with van der Waals surface area (Å²) in [7, 11) is 0. The number of imidazole rings is 1. The highest BCUT2D eigenvalue weighted by Crippen LogP contribution is 2.28. The van der Waals surface area contributed by atoms with Crippen LogP contribution in [0.5, 0.6) is 5.75 Å². The molecule has 6 heteroatoms. The van der Waals surface area contributed by atoms with Gasteiger partial charge in [0.2, 0.25) is 0 Å². The van der Waals surface area contributed by atoms with E-state index in [9.17, 15) is 9.90 Å². The fourth-order valence-corrected chi connectivity index (χ4v) is 3.28. The van der Waals surface area contributed by atoms with Crippen molar-refractivity contribution >= 4 is 28.6 Å². The summed E-state index contributed by atoms with van der Waals surface area (Å²) in [5, 5.41) is 9.98. The topological polar surface area (TPSA) is 64.3 Å². The lowest BCUT2D eigenvalue weighted by molar-refractivity contribution is -0.137. The first kappa shape index (κ1) is 18.1. The van der Waals surface area contributed by atoms with Gasteiger partial charge in [0.05, 0.1) is 11.0 Å². The van der Waals surface area contributed by atoms with Crippen molar-refractivity contribution in [1.82, 2.24) is 9.55 Å². The summed E-state index contributed by atoms with van der Waals surface area (Å²) in [6.07, 6.45) is 0. The lowest BCUT2D eigenvalue weighted by atomic mass is 10.2. The molecule has 0 aliphatic carbocycles. The van der Waals surface area contributed by atoms with Gasteiger partial charge < -0.3 is 14.4 Å². The van der Waals surface area contributed by atoms with Gasteiger partial charge in [-0.25, -0.2) is 4.98 Å². The predicted molar refractivity (Wildman–Crippen MR) is 109 cm³/mol. The fourth-order valence-electron chi connectivity index (χ4n) is 3.09. The molecule has 1 aromatic heterocycles. The highest BCUT2D eigenvalue weighted by atomic mass is 35.5. The van der Waals surface area contributed by atoms with Crippen LogP contribution < -0.4 is 4.74 Å². The molecule has 4 rings (SSSR count). The largest absolute Gasteiger partial charge is 0.489 e. The SMILES string of the molecule is O=C(O)Cn1c(-c2cccc(OCc3ccccc3Cl)c2)nc2ccccc21. The third kappa shape index (κ3) is 3.70. The normalized spacial score (nSPS) is 10.9. The van der Waals surface area contributed by atoms with E-state index < -0.39 is 5.97 Å². The summed E-state index contributed by atoms with van der Waals surface area (Å²) < 4.78 is 7.59. The van der Waals surface area contributed by atoms with E-state index in [0.717, 1.165) is 22.2 Å². The van der Waals surface area contributed by atoms with Gasteiger partial charge in [0, 0.05) is 16.1 Å². The molecule has 1 heterocycles. The summed E-state index contributed by atoms with van der Waals surface area (Å²) in [6.45, 7) is 0.176. The number of benzene rings is 3. The first-order valence-electron chi connectivity index (χ1n) is 8.75. The summed E-state index contributed by atoms with van der Waals surface area (Å²) in [6, 6.07) is 22.5. The number of nitrogens with zero attached hydrogens (tertiary/aromatic N) is 2. The van der Waals surface area contributed by atoms with E-state index in [4.69, 9.17) is 16.3 Å². The molecule has 28 heavy (non-hydrogen) atoms. The van der Waals surface area contributed by atoms with E-state index in [0.29, 0.717) is 23.2 Å². The molecule has 0 bridgehead atoms. The van der Waals surface area contributed by atoms with Crippen LogP contribution in [0, 0.1) is 0 Å². The molecular formula is C22H17ClN2O3. The average molecular weight is 393 g/mol. The number of hydrogen-bond acceptors (Lipinski definition) is 3. The number of carboxylic acid groups (broad SMARTS) is 1. The van der Waals surface area contributed by atoms with Gasteiger partial charge in [-0.3, -0.25) is 4.79 Å². The molecule has 0 saturated heterocycles. The highest BCUT2D eigenvalue weighted by Gasteiger charge is 2.15. The lowest BCUT2D eigenvalue weighted by Crippen LogP contribution is -2.10. The second-order valence-corrected chi connectivity index (χ2v) is 6.72. The Morgan fingerprint density at radius 3 is 2.64 bits per heavy atom. The molecular weight excluding hydrogens is 376 g/mol. The van der Waals surface area contributed by atoms with Gasteiger partial charge in [0.15, 0.2) is 0 Å². The van der Waals surface area contributed by atoms with Crippen molar-refractivity contribution < 1.29 is 14.6 Å². The smallest absolute Gasteiger partial charge is 0.323 e. The Labute approximate surface area is 166 Å². The number of ether oxygens (including phenoxy) is 1. The number of carboxylic acids is 1. The first-order valence-corrected chi connectivity index (χ1v) is 9.13. The Morgan fingerprint density at radius 2 is 1.82 bits per heavy atom. The molecule has 3 aromatic carbocycles. The van der Waals surface area contributed by atoms with Crippen LogP contribution in [0.4, 0.5) is 0 Å². The fraction of sp³-hybridized carbons (Fsp3) is 0.0909. The van der Waals surface area contributed by atoms with Gasteiger partial charge in [-0.05, 0) is 30.3 Å². The van der Waals surface area contributed by atoms with E-state index in [2.05, 4.69) is 4.98 Å². The monoisotopic (exact) mass is 392 g/mol. The molecule has 1 N–H and O–H groups in total. The molecule has 0 spiro atoms. The number of carbonyl (C=O) groups is 1. The molecule has 0 amide bonds. The van der Waals surface area contributed by atoms with Crippen molar-refractivity contribution in [3.8, 4) is 17.1 Å². The van der Waals surface area contributed by atoms with Crippen molar-refractivity contribution in [2.24, 2.45) is 0 Å². The molecule has 0 aliphatic heterocycles. The van der Waals surface area contributed by atoms with Crippen molar-refractivity contribution in [1.29, 1.82) is 0 Å². The van der Waals surface area contributed by atoms with E-state index >= 15 is 0 Å². The maximum atomic E-state index is 11.4. The summed E-state index contributed by atoms with van der Waals surface area (Å²) in [5.74, 6) is 0.327. The maximum absolute atomic E-state index is 11.4. The van der Waals surface area contributed by atoms with E-state index in [-0.39, 0.29) is 6.54 Å². The van der Waals surface area contributed by atoms with Crippen LogP contribution in [0.1, 0.15) is 5.56 Å². The number of para-hydroxylation sites is 2. The van der Waals surface area contributed by atoms with Crippen LogP contribution in [0.3, 0.4) is 0 Å². The third-order valence-electron chi connectivity index (χ3n) is 4.39. The molecule has 0 aliphatic rings. The van der Waals surface area contributed by atoms with Crippen molar-refractivity contribution in [3.63, 3.8) is 0 Å². The number of fused-ring (bicyclic) bond motifs is 1. The molecule has 5 nitrogen and oxygen atoms in total. The van der Waals surface area contributed by atoms with Crippen molar-refractivity contribution in [3.05, 3.63) is 83.4 Å². The number of aliphatic carboxylic acids is 1. The minimum atomic E-state index is -0.921. The average Bonchev–Trinajstić information content (AvgIpc) is 3.06. The molecule has 140 valence electrons. The second kappa shape index (κ2) is 7.74. The Balaban J connectivity index is 1.67. The Morgan fingerprint density at radius 1 is 1.04 bits per heavy atom. The van der Waals surface area contributed by atoms with Crippen LogP contribution in [0.2, 0.25) is 5.02 Å². The van der Waals surface area contributed by atoms with Crippen molar-refractivity contribution in [2.45, 2.75) is 13.2 Å². The van der Waals surface area contributed by atoms with E-state index in [1.807, 2.05) is 72.8 Å². The Kier molecular flexibility index (Phi) is 5.00. The minimum absolute atomic E-state index is 0.166. The van der Waals surface area contributed by atoms with Gasteiger partial charge in [0.1, 0.15) is 24.7 Å². The van der Waals surface area contributed by atoms with E-state index in [1.165, 1.54) is 0 Å². The van der Waals surface area contributed by atoms with Crippen LogP contribution in [0.15, 0.2) is 72.8 Å². The maximum Gasteiger partial charge on any atom is 0.323 e. The predicted octanol–water partition coefficient (Wildman–Crippen LogP) is 5.02. The zero-order valence-electron chi connectivity index (χ0n) is 14.9. The standard InChI is InChI=1S/C22H17ClN2O3/c23-18-9-2-1-6-16(18)14-28-17-8-5-7-15(12-17)22-24-19-10-3-4-11-20(19)25(22)13-21(26)27/h1-12H,13-14H2,(H,26,27). The summed E-state index contributed by atoms with van der Waals surface area (Å²) in [5.41, 5.74) is 3.21. The van der Waals surface area contributed by atoms with Crippen LogP contribution in [-0.2, 0) is 17.9 Å². The molecule has 0 radical (unpaired) electrons. The minimum Gasteiger partial charge on any atom is -0.489 e. The number of hydrogen-bond donors (Lipinski definition) is 1. The molecule has 0 unspecified atom stereocenters. The summed E-state index contributed by atoms with van der Waals surface area (Å²) in [4.78, 5) is 16.0. The Bertz CT molecular complexity index is 1150. The molecule has 0 saturated carbocycles. The third-order valence-corrected chi connectivity index (χ3v) is 4.76. The first-order chi connectivity index (χ1) is 13.6. The Hall–Kier alpha value is -3.31. The van der Waals surface area contributed by atoms with Gasteiger partial charge in [-0.2, -0.15) is 0 Å². The number of rotatable bonds is 6. The molecule has 0 atom stereocenters. The lowest BCUT2D eigenvalue weighted by Gasteiger charge is -2.10. The van der Waals surface area contributed by atoms with E-state index in [1.54, 1.807) is 4.57 Å². The van der Waals surface area contributed by atoms with Gasteiger partial charge in [-0.15, -0.1) is 0 Å². The number of aromatic nitrogens is 2. The molecule has 0 fully saturated rings. The van der Waals surface area contributed by atoms with Crippen molar-refractivity contribution in [2.75, 3.05) is 0 Å². The van der Waals surface area contributed by atoms with Crippen LogP contribution >= 0.6 is 11.6 Å². The second-order valence-electron chi connectivity index (χ2n) is 6.31. The van der Waals surface area contributed by atoms with Crippen LogP contribution in [0.25, 0.3) is 22.4 Å². The quantitative estimate of drug-likeness (QED) is 0.500. The highest BCUT2D eigenvalue weighted by molar-refractivity contribution is 6.31. The zero-order chi connectivity index (χ0) is 19.5. The number of halogens is 1. The summed E-state index contributed by atoms with van der Waals surface area (Å²) >= 11 is 6.18. The van der Waals surface area contributed by atoms with Crippen LogP contribution in [-0.4, -0.2) is 20.6 Å². The zero-order valence-corrected chi connectivity index (χ0v) is 15.6.